The van der Waals surface area contributed by atoms with Crippen molar-refractivity contribution in [2.24, 2.45) is 28.1 Å². The maximum absolute atomic E-state index is 9.73. The zero-order valence-corrected chi connectivity index (χ0v) is 28.5. The average molecular weight is 633 g/mol. The molecule has 0 aliphatic rings. The van der Waals surface area contributed by atoms with Crippen LogP contribution in [-0.2, 0) is 0 Å². The van der Waals surface area contributed by atoms with E-state index < -0.39 is 74.1 Å². The largest absolute Gasteiger partial charge is 0.396 e. The Kier molecular flexibility index (Phi) is 23.3. The molecule has 0 fully saturated rings. The van der Waals surface area contributed by atoms with Crippen molar-refractivity contribution in [3.05, 3.63) is 0 Å². The highest BCUT2D eigenvalue weighted by molar-refractivity contribution is 4.83. The first-order valence-corrected chi connectivity index (χ1v) is 15.1. The molecule has 11 atom stereocenters. The van der Waals surface area contributed by atoms with Crippen molar-refractivity contribution in [3.8, 4) is 0 Å². The van der Waals surface area contributed by atoms with Crippen LogP contribution >= 0.6 is 0 Å². The lowest BCUT2D eigenvalue weighted by molar-refractivity contribution is -0.121. The summed E-state index contributed by atoms with van der Waals surface area (Å²) in [7, 11) is 0. The predicted octanol–water partition coefficient (Wildman–Crippen LogP) is -0.235. The summed E-state index contributed by atoms with van der Waals surface area (Å²) in [5.41, 5.74) is -0.274. The number of hydrogen-bond donors (Lipinski definition) is 12. The first-order chi connectivity index (χ1) is 19.1. The Hall–Kier alpha value is -0.480. The van der Waals surface area contributed by atoms with Gasteiger partial charge >= 0.3 is 0 Å². The van der Waals surface area contributed by atoms with Crippen LogP contribution in [0.5, 0.6) is 0 Å². The van der Waals surface area contributed by atoms with E-state index in [0.29, 0.717) is 19.3 Å². The lowest BCUT2D eigenvalue weighted by atomic mass is 9.84. The molecule has 0 amide bonds. The van der Waals surface area contributed by atoms with E-state index in [-0.39, 0.29) is 28.8 Å². The van der Waals surface area contributed by atoms with Crippen molar-refractivity contribution >= 4 is 0 Å². The van der Waals surface area contributed by atoms with E-state index in [1.807, 2.05) is 62.3 Å². The molecule has 0 heterocycles. The minimum atomic E-state index is -1.53. The number of hydrogen-bond acceptors (Lipinski definition) is 12. The first kappa shape index (κ1) is 46.9. The van der Waals surface area contributed by atoms with Crippen LogP contribution in [0.1, 0.15) is 95.4 Å². The molecule has 0 saturated heterocycles. The summed E-state index contributed by atoms with van der Waals surface area (Å²) in [5.74, 6) is -0.801. The van der Waals surface area contributed by atoms with Crippen LogP contribution in [-0.4, -0.2) is 136 Å². The topological polar surface area (TPSA) is 243 Å². The van der Waals surface area contributed by atoms with Gasteiger partial charge in [0.1, 0.15) is 18.3 Å². The van der Waals surface area contributed by atoms with Gasteiger partial charge in [0.2, 0.25) is 0 Å². The second kappa shape index (κ2) is 21.3. The van der Waals surface area contributed by atoms with Crippen molar-refractivity contribution in [1.29, 1.82) is 0 Å². The van der Waals surface area contributed by atoms with Crippen LogP contribution in [0.2, 0.25) is 0 Å². The zero-order chi connectivity index (χ0) is 35.1. The quantitative estimate of drug-likeness (QED) is 0.119. The fourth-order valence-corrected chi connectivity index (χ4v) is 4.04. The van der Waals surface area contributed by atoms with Crippen LogP contribution in [0.4, 0.5) is 0 Å². The third-order valence-electron chi connectivity index (χ3n) is 6.78. The predicted molar refractivity (Wildman–Crippen MR) is 166 cm³/mol. The van der Waals surface area contributed by atoms with Gasteiger partial charge in [-0.15, -0.1) is 0 Å². The van der Waals surface area contributed by atoms with Crippen molar-refractivity contribution < 1.29 is 61.3 Å². The Labute approximate surface area is 259 Å². The van der Waals surface area contributed by atoms with Crippen LogP contribution in [0.3, 0.4) is 0 Å². The highest BCUT2D eigenvalue weighted by Gasteiger charge is 2.33. The second-order valence-electron chi connectivity index (χ2n) is 15.5. The van der Waals surface area contributed by atoms with Crippen molar-refractivity contribution in [2.45, 2.75) is 150 Å². The van der Waals surface area contributed by atoms with Crippen molar-refractivity contribution in [2.75, 3.05) is 19.8 Å². The molecule has 43 heavy (non-hydrogen) atoms. The van der Waals surface area contributed by atoms with Gasteiger partial charge in [-0.2, -0.15) is 0 Å². The fourth-order valence-electron chi connectivity index (χ4n) is 4.04. The third-order valence-corrected chi connectivity index (χ3v) is 6.78. The Morgan fingerprint density at radius 3 is 0.930 bits per heavy atom. The summed E-state index contributed by atoms with van der Waals surface area (Å²) in [6.07, 6.45) is -8.71. The molecule has 0 spiro atoms. The summed E-state index contributed by atoms with van der Waals surface area (Å²) >= 11 is 0. The Morgan fingerprint density at radius 1 is 0.372 bits per heavy atom. The Morgan fingerprint density at radius 2 is 0.651 bits per heavy atom. The summed E-state index contributed by atoms with van der Waals surface area (Å²) in [6.45, 7) is 19.8. The average Bonchev–Trinajstić information content (AvgIpc) is 2.87. The Balaban J connectivity index is -0.000000560. The number of aliphatic hydroxyl groups excluding tert-OH is 12. The van der Waals surface area contributed by atoms with Crippen LogP contribution in [0, 0.1) is 28.1 Å². The molecule has 0 aromatic carbocycles. The molecular formula is C31H68O12. The van der Waals surface area contributed by atoms with Gasteiger partial charge < -0.3 is 61.3 Å². The molecule has 0 aliphatic heterocycles. The molecule has 264 valence electrons. The summed E-state index contributed by atoms with van der Waals surface area (Å²) in [6, 6.07) is 0. The van der Waals surface area contributed by atoms with Crippen molar-refractivity contribution in [1.82, 2.24) is 0 Å². The normalized spacial score (nSPS) is 20.4. The molecule has 0 aliphatic carbocycles. The van der Waals surface area contributed by atoms with Gasteiger partial charge in [-0.1, -0.05) is 76.2 Å². The van der Waals surface area contributed by atoms with E-state index in [9.17, 15) is 40.9 Å². The molecule has 12 N–H and O–H groups in total. The molecule has 12 heteroatoms. The van der Waals surface area contributed by atoms with E-state index in [0.717, 1.165) is 0 Å². The molecule has 12 nitrogen and oxygen atoms in total. The van der Waals surface area contributed by atoms with Gasteiger partial charge in [0.25, 0.3) is 0 Å². The van der Waals surface area contributed by atoms with Crippen LogP contribution in [0.15, 0.2) is 0 Å². The lowest BCUT2D eigenvalue weighted by Crippen LogP contribution is -2.46. The smallest absolute Gasteiger partial charge is 0.110 e. The van der Waals surface area contributed by atoms with E-state index in [1.165, 1.54) is 0 Å². The fraction of sp³-hybridized carbons (Fsp3) is 1.00. The highest BCUT2D eigenvalue weighted by atomic mass is 16.4. The van der Waals surface area contributed by atoms with Crippen LogP contribution in [0.25, 0.3) is 0 Å². The summed E-state index contributed by atoms with van der Waals surface area (Å²) in [5, 5.41) is 111. The van der Waals surface area contributed by atoms with Crippen molar-refractivity contribution in [3.63, 3.8) is 0 Å². The summed E-state index contributed by atoms with van der Waals surface area (Å²) in [4.78, 5) is 0. The molecule has 0 saturated carbocycles. The second-order valence-corrected chi connectivity index (χ2v) is 15.5. The zero-order valence-electron chi connectivity index (χ0n) is 28.5. The maximum Gasteiger partial charge on any atom is 0.110 e. The van der Waals surface area contributed by atoms with E-state index in [2.05, 4.69) is 0 Å². The minimum Gasteiger partial charge on any atom is -0.396 e. The van der Waals surface area contributed by atoms with Gasteiger partial charge in [0, 0.05) is 18.4 Å². The molecule has 0 bridgehead atoms. The number of aliphatic hydroxyl groups is 12. The minimum absolute atomic E-state index is 0.00439. The van der Waals surface area contributed by atoms with Gasteiger partial charge in [0.15, 0.2) is 0 Å². The SMILES string of the molecule is CC(C)(C)C[C@H](O)[C@@H](O)[C@H](O)[C@H](O)CO.C[C@@H]([C@H](O)[C@H](O)CC(C)(C)C)[C@H](O)CO.C[C@H](CO)[C@H](O)[C@@H](O)CC(C)(C)C. The molecule has 0 aromatic rings. The van der Waals surface area contributed by atoms with E-state index in [1.54, 1.807) is 13.8 Å². The molecule has 0 aromatic heterocycles. The van der Waals surface area contributed by atoms with Gasteiger partial charge in [0.05, 0.1) is 49.8 Å². The monoisotopic (exact) mass is 632 g/mol. The van der Waals surface area contributed by atoms with Crippen LogP contribution < -0.4 is 0 Å². The van der Waals surface area contributed by atoms with Gasteiger partial charge in [-0.05, 0) is 35.5 Å². The maximum atomic E-state index is 9.73. The summed E-state index contributed by atoms with van der Waals surface area (Å²) < 4.78 is 0. The molecule has 0 radical (unpaired) electrons. The van der Waals surface area contributed by atoms with Gasteiger partial charge in [-0.25, -0.2) is 0 Å². The first-order valence-electron chi connectivity index (χ1n) is 15.1. The third kappa shape index (κ3) is 23.5. The highest BCUT2D eigenvalue weighted by Crippen LogP contribution is 2.26. The number of rotatable bonds is 14. The Bertz CT molecular complexity index is 633. The lowest BCUT2D eigenvalue weighted by Gasteiger charge is -2.30. The van der Waals surface area contributed by atoms with E-state index >= 15 is 0 Å². The molecule has 0 rings (SSSR count). The van der Waals surface area contributed by atoms with E-state index in [4.69, 9.17) is 20.4 Å². The molecule has 0 unspecified atom stereocenters. The molecular weight excluding hydrogens is 564 g/mol. The standard InChI is InChI=1S/C11H24O4.C10H22O5.C10H22O3/c1-7(9(14)6-12)10(15)8(13)5-11(2,3)4;1-10(2,3)4-6(12)8(14)9(15)7(13)5-11;1-7(6-11)9(13)8(12)5-10(2,3)4/h7-10,12-15H,5-6H2,1-4H3;6-9,11-15H,4-5H2,1-3H3;7-9,11-13H,5-6H2,1-4H3/t7-,8-,9-,10+;6-,7+,8+,9+;7-,8+,9+/m101/s1. The van der Waals surface area contributed by atoms with Gasteiger partial charge in [-0.3, -0.25) is 0 Å².